The van der Waals surface area contributed by atoms with Crippen molar-refractivity contribution in [2.45, 2.75) is 51.2 Å². The average Bonchev–Trinajstić information content (AvgIpc) is 3.04. The summed E-state index contributed by atoms with van der Waals surface area (Å²) in [5, 5.41) is 3.75. The Hall–Kier alpha value is -1.84. The number of hydrogen-bond donors (Lipinski definition) is 3. The summed E-state index contributed by atoms with van der Waals surface area (Å²) in [6.07, 6.45) is 2.79. The summed E-state index contributed by atoms with van der Waals surface area (Å²) in [6, 6.07) is 2.42. The highest BCUT2D eigenvalue weighted by molar-refractivity contribution is 8.14. The van der Waals surface area contributed by atoms with Crippen molar-refractivity contribution in [3.8, 4) is 5.75 Å². The average molecular weight is 397 g/mol. The summed E-state index contributed by atoms with van der Waals surface area (Å²) in [6.45, 7) is 4.86. The third-order valence-electron chi connectivity index (χ3n) is 4.09. The van der Waals surface area contributed by atoms with Crippen molar-refractivity contribution in [1.82, 2.24) is 5.32 Å². The molecule has 1 aromatic heterocycles. The molecule has 0 fully saturated rings. The Balaban J connectivity index is 2.18. The Labute approximate surface area is 163 Å². The SMILES string of the molecule is CCC[C@@H](NC(=O)[C@]1(N)CSC(CC)=N1)c1cc(OCCCN)cc(=O)o1. The van der Waals surface area contributed by atoms with Gasteiger partial charge in [0.15, 0.2) is 5.66 Å². The number of thioether (sulfide) groups is 1. The van der Waals surface area contributed by atoms with E-state index in [-0.39, 0.29) is 5.91 Å². The van der Waals surface area contributed by atoms with Gasteiger partial charge in [0.1, 0.15) is 11.5 Å². The van der Waals surface area contributed by atoms with Gasteiger partial charge in [-0.3, -0.25) is 10.5 Å². The highest BCUT2D eigenvalue weighted by Gasteiger charge is 2.39. The normalized spacial score (nSPS) is 20.2. The number of carbonyl (C=O) groups excluding carboxylic acids is 1. The number of nitrogens with zero attached hydrogens (tertiary/aromatic N) is 1. The molecule has 2 atom stereocenters. The van der Waals surface area contributed by atoms with Crippen molar-refractivity contribution >= 4 is 22.7 Å². The van der Waals surface area contributed by atoms with Gasteiger partial charge in [0.2, 0.25) is 0 Å². The van der Waals surface area contributed by atoms with E-state index < -0.39 is 17.3 Å². The second kappa shape index (κ2) is 9.91. The summed E-state index contributed by atoms with van der Waals surface area (Å²) in [7, 11) is 0. The maximum atomic E-state index is 12.7. The molecule has 1 amide bonds. The standard InChI is InChI=1S/C18H28N4O4S/c1-3-6-13(21-17(24)18(20)11-27-15(4-2)22-18)14-9-12(10-16(23)26-14)25-8-5-7-19/h9-10,13H,3-8,11,19-20H2,1-2H3,(H,21,24)/t13-,18+/m1/s1. The Bertz CT molecular complexity index is 736. The fourth-order valence-electron chi connectivity index (χ4n) is 2.64. The summed E-state index contributed by atoms with van der Waals surface area (Å²) in [4.78, 5) is 29.0. The Morgan fingerprint density at radius 3 is 2.89 bits per heavy atom. The minimum atomic E-state index is -1.29. The number of carbonyl (C=O) groups is 1. The zero-order chi connectivity index (χ0) is 19.9. The molecular formula is C18H28N4O4S. The fraction of sp³-hybridized carbons (Fsp3) is 0.611. The van der Waals surface area contributed by atoms with Crippen molar-refractivity contribution in [3.05, 3.63) is 28.3 Å². The van der Waals surface area contributed by atoms with Gasteiger partial charge in [0.25, 0.3) is 5.91 Å². The molecule has 1 aliphatic heterocycles. The third-order valence-corrected chi connectivity index (χ3v) is 5.38. The first-order chi connectivity index (χ1) is 12.9. The van der Waals surface area contributed by atoms with Crippen LogP contribution in [0.2, 0.25) is 0 Å². The maximum Gasteiger partial charge on any atom is 0.339 e. The van der Waals surface area contributed by atoms with Crippen molar-refractivity contribution in [1.29, 1.82) is 0 Å². The van der Waals surface area contributed by atoms with Gasteiger partial charge in [-0.1, -0.05) is 20.3 Å². The monoisotopic (exact) mass is 396 g/mol. The molecule has 0 unspecified atom stereocenters. The van der Waals surface area contributed by atoms with E-state index in [0.29, 0.717) is 43.3 Å². The molecule has 2 heterocycles. The maximum absolute atomic E-state index is 12.7. The first-order valence-electron chi connectivity index (χ1n) is 9.21. The summed E-state index contributed by atoms with van der Waals surface area (Å²) in [5.41, 5.74) is 9.81. The number of hydrogen-bond acceptors (Lipinski definition) is 8. The molecule has 1 aliphatic rings. The van der Waals surface area contributed by atoms with Crippen LogP contribution in [0, 0.1) is 0 Å². The number of amides is 1. The van der Waals surface area contributed by atoms with Crippen LogP contribution in [0.1, 0.15) is 51.3 Å². The Kier molecular flexibility index (Phi) is 7.88. The lowest BCUT2D eigenvalue weighted by atomic mass is 10.1. The lowest BCUT2D eigenvalue weighted by Crippen LogP contribution is -2.54. The van der Waals surface area contributed by atoms with Gasteiger partial charge in [-0.2, -0.15) is 0 Å². The molecule has 150 valence electrons. The van der Waals surface area contributed by atoms with Gasteiger partial charge >= 0.3 is 5.63 Å². The van der Waals surface area contributed by atoms with Crippen LogP contribution in [0.15, 0.2) is 26.3 Å². The summed E-state index contributed by atoms with van der Waals surface area (Å²) < 4.78 is 10.9. The lowest BCUT2D eigenvalue weighted by molar-refractivity contribution is -0.126. The van der Waals surface area contributed by atoms with E-state index >= 15 is 0 Å². The third kappa shape index (κ3) is 5.82. The topological polar surface area (TPSA) is 133 Å². The first-order valence-corrected chi connectivity index (χ1v) is 10.2. The second-order valence-electron chi connectivity index (χ2n) is 6.39. The van der Waals surface area contributed by atoms with Crippen molar-refractivity contribution in [2.24, 2.45) is 16.5 Å². The molecule has 1 aromatic rings. The molecule has 0 spiro atoms. The summed E-state index contributed by atoms with van der Waals surface area (Å²) in [5.74, 6) is 0.756. The number of ether oxygens (including phenoxy) is 1. The van der Waals surface area contributed by atoms with Crippen molar-refractivity contribution < 1.29 is 13.9 Å². The van der Waals surface area contributed by atoms with E-state index in [4.69, 9.17) is 20.6 Å². The number of nitrogens with one attached hydrogen (secondary N) is 1. The predicted octanol–water partition coefficient (Wildman–Crippen LogP) is 1.54. The number of rotatable bonds is 10. The summed E-state index contributed by atoms with van der Waals surface area (Å²) >= 11 is 1.49. The van der Waals surface area contributed by atoms with Crippen LogP contribution in [0.25, 0.3) is 0 Å². The van der Waals surface area contributed by atoms with Gasteiger partial charge in [-0.05, 0) is 25.8 Å². The van der Waals surface area contributed by atoms with Crippen LogP contribution in [0.4, 0.5) is 0 Å². The van der Waals surface area contributed by atoms with Crippen LogP contribution in [-0.2, 0) is 4.79 Å². The Morgan fingerprint density at radius 2 is 2.26 bits per heavy atom. The smallest absolute Gasteiger partial charge is 0.339 e. The zero-order valence-electron chi connectivity index (χ0n) is 15.8. The van der Waals surface area contributed by atoms with E-state index in [2.05, 4.69) is 10.3 Å². The van der Waals surface area contributed by atoms with Gasteiger partial charge in [-0.25, -0.2) is 9.79 Å². The molecule has 0 aromatic carbocycles. The molecule has 2 rings (SSSR count). The van der Waals surface area contributed by atoms with Crippen LogP contribution < -0.4 is 27.1 Å². The largest absolute Gasteiger partial charge is 0.493 e. The van der Waals surface area contributed by atoms with E-state index in [1.807, 2.05) is 13.8 Å². The molecular weight excluding hydrogens is 368 g/mol. The quantitative estimate of drug-likeness (QED) is 0.511. The second-order valence-corrected chi connectivity index (χ2v) is 7.44. The van der Waals surface area contributed by atoms with E-state index in [1.54, 1.807) is 6.07 Å². The van der Waals surface area contributed by atoms with E-state index in [1.165, 1.54) is 17.8 Å². The van der Waals surface area contributed by atoms with Crippen LogP contribution in [0.5, 0.6) is 5.75 Å². The molecule has 0 saturated heterocycles. The minimum absolute atomic E-state index is 0.342. The van der Waals surface area contributed by atoms with E-state index in [9.17, 15) is 9.59 Å². The van der Waals surface area contributed by atoms with Crippen LogP contribution in [0.3, 0.4) is 0 Å². The zero-order valence-corrected chi connectivity index (χ0v) is 16.6. The molecule has 9 heteroatoms. The molecule has 0 aliphatic carbocycles. The van der Waals surface area contributed by atoms with E-state index in [0.717, 1.165) is 17.9 Å². The van der Waals surface area contributed by atoms with Gasteiger partial charge in [0.05, 0.1) is 23.8 Å². The highest BCUT2D eigenvalue weighted by Crippen LogP contribution is 2.28. The highest BCUT2D eigenvalue weighted by atomic mass is 32.2. The Morgan fingerprint density at radius 1 is 1.48 bits per heavy atom. The van der Waals surface area contributed by atoms with Crippen LogP contribution in [-0.4, -0.2) is 35.5 Å². The fourth-order valence-corrected chi connectivity index (χ4v) is 3.65. The van der Waals surface area contributed by atoms with Gasteiger partial charge < -0.3 is 20.2 Å². The molecule has 0 saturated carbocycles. The van der Waals surface area contributed by atoms with Crippen LogP contribution >= 0.6 is 11.8 Å². The van der Waals surface area contributed by atoms with Gasteiger partial charge in [0, 0.05) is 11.8 Å². The number of aliphatic imine (C=N–C) groups is 1. The molecule has 0 radical (unpaired) electrons. The van der Waals surface area contributed by atoms with Crippen molar-refractivity contribution in [2.75, 3.05) is 18.9 Å². The lowest BCUT2D eigenvalue weighted by Gasteiger charge is -2.24. The predicted molar refractivity (Wildman–Crippen MR) is 107 cm³/mol. The molecule has 27 heavy (non-hydrogen) atoms. The molecule has 5 N–H and O–H groups in total. The number of nitrogens with two attached hydrogens (primary N) is 2. The molecule has 8 nitrogen and oxygen atoms in total. The minimum Gasteiger partial charge on any atom is -0.493 e. The first kappa shape index (κ1) is 21.5. The van der Waals surface area contributed by atoms with Crippen molar-refractivity contribution in [3.63, 3.8) is 0 Å². The molecule has 0 bridgehead atoms. The van der Waals surface area contributed by atoms with Gasteiger partial charge in [-0.15, -0.1) is 11.8 Å².